The highest BCUT2D eigenvalue weighted by Gasteiger charge is 2.27. The first-order valence-electron chi connectivity index (χ1n) is 9.85. The fraction of sp³-hybridized carbons (Fsp3) is 0.0952. The molecule has 0 aliphatic heterocycles. The van der Waals surface area contributed by atoms with Gasteiger partial charge in [-0.15, -0.1) is 0 Å². The number of carbonyl (C=O) groups is 3. The average molecular weight is 677 g/mol. The fourth-order valence-electron chi connectivity index (χ4n) is 2.42. The number of halogens is 3. The van der Waals surface area contributed by atoms with Crippen LogP contribution in [-0.2, 0) is 9.59 Å². The van der Waals surface area contributed by atoms with Crippen molar-refractivity contribution in [1.82, 2.24) is 9.97 Å². The van der Waals surface area contributed by atoms with Crippen LogP contribution in [0.4, 0.5) is 27.8 Å². The van der Waals surface area contributed by atoms with Gasteiger partial charge in [0.05, 0.1) is 9.85 Å². The predicted octanol–water partition coefficient (Wildman–Crippen LogP) is 5.41. The van der Waals surface area contributed by atoms with Gasteiger partial charge in [-0.3, -0.25) is 29.8 Å². The summed E-state index contributed by atoms with van der Waals surface area (Å²) in [6.07, 6.45) is 0. The second kappa shape index (κ2) is 15.3. The van der Waals surface area contributed by atoms with Crippen LogP contribution in [0, 0.1) is 20.2 Å². The molecule has 0 radical (unpaired) electrons. The number of nitrogens with zero attached hydrogens (tertiary/aromatic N) is 5. The summed E-state index contributed by atoms with van der Waals surface area (Å²) in [4.78, 5) is 60.6. The second-order valence-electron chi connectivity index (χ2n) is 6.56. The molecular weight excluding hydrogens is 660 g/mol. The number of benzene rings is 1. The smallest absolute Gasteiger partial charge is 0.409 e. The summed E-state index contributed by atoms with van der Waals surface area (Å²) in [5, 5.41) is 21.0. The van der Waals surface area contributed by atoms with E-state index in [2.05, 4.69) is 46.6 Å². The number of rotatable bonds is 4. The molecule has 14 nitrogen and oxygen atoms in total. The first kappa shape index (κ1) is 32.0. The highest BCUT2D eigenvalue weighted by Crippen LogP contribution is 2.28. The van der Waals surface area contributed by atoms with Crippen LogP contribution in [0.2, 0.25) is 0 Å². The first-order chi connectivity index (χ1) is 17.7. The Morgan fingerprint density at radius 1 is 0.868 bits per heavy atom. The lowest BCUT2D eigenvalue weighted by atomic mass is 10.3. The van der Waals surface area contributed by atoms with E-state index in [1.807, 2.05) is 6.07 Å². The molecule has 0 unspecified atom stereocenters. The van der Waals surface area contributed by atoms with Crippen molar-refractivity contribution in [2.75, 3.05) is 10.6 Å². The molecule has 0 atom stereocenters. The van der Waals surface area contributed by atoms with Gasteiger partial charge in [-0.2, -0.15) is 0 Å². The third-order valence-corrected chi connectivity index (χ3v) is 4.83. The van der Waals surface area contributed by atoms with Gasteiger partial charge >= 0.3 is 16.8 Å². The molecule has 2 N–H and O–H groups in total. The first-order valence-corrected chi connectivity index (χ1v) is 11.8. The maximum absolute atomic E-state index is 11.3. The summed E-state index contributed by atoms with van der Waals surface area (Å²) in [5.74, 6) is -1.17. The molecular formula is C21H17Br2ClN6O8. The highest BCUT2D eigenvalue weighted by molar-refractivity contribution is 9.10. The Hall–Kier alpha value is -4.02. The van der Waals surface area contributed by atoms with Crippen molar-refractivity contribution in [1.29, 1.82) is 0 Å². The van der Waals surface area contributed by atoms with E-state index >= 15 is 0 Å². The van der Waals surface area contributed by atoms with E-state index in [9.17, 15) is 34.6 Å². The van der Waals surface area contributed by atoms with E-state index in [1.54, 1.807) is 24.3 Å². The SMILES string of the molecule is CC(=O)N(C(C)=O)c1nc(Br)ccc1[N+](=O)[O-].Nc1nc(Br)ccc1[N+](=O)[O-].O=C(Cl)Oc1ccccc1. The molecule has 2 aromatic heterocycles. The molecule has 200 valence electrons. The lowest BCUT2D eigenvalue weighted by molar-refractivity contribution is -0.384. The normalized spacial score (nSPS) is 9.50. The minimum Gasteiger partial charge on any atom is -0.415 e. The Bertz CT molecular complexity index is 1330. The molecule has 0 saturated carbocycles. The number of hydrogen-bond acceptors (Lipinski definition) is 11. The number of nitrogens with two attached hydrogens (primary N) is 1. The van der Waals surface area contributed by atoms with Crippen LogP contribution in [0.1, 0.15) is 13.8 Å². The van der Waals surface area contributed by atoms with Crippen molar-refractivity contribution in [3.63, 3.8) is 0 Å². The number of nitrogen functional groups attached to an aromatic ring is 1. The van der Waals surface area contributed by atoms with Crippen LogP contribution < -0.4 is 15.4 Å². The van der Waals surface area contributed by atoms with E-state index in [1.165, 1.54) is 24.3 Å². The lowest BCUT2D eigenvalue weighted by Gasteiger charge is -2.15. The van der Waals surface area contributed by atoms with Crippen molar-refractivity contribution in [2.24, 2.45) is 0 Å². The Morgan fingerprint density at radius 3 is 1.76 bits per heavy atom. The third kappa shape index (κ3) is 10.5. The fourth-order valence-corrected chi connectivity index (χ4v) is 3.14. The monoisotopic (exact) mass is 674 g/mol. The molecule has 0 aliphatic rings. The van der Waals surface area contributed by atoms with Gasteiger partial charge < -0.3 is 10.5 Å². The summed E-state index contributed by atoms with van der Waals surface area (Å²) >= 11 is 11.0. The van der Waals surface area contributed by atoms with Crippen molar-refractivity contribution in [3.05, 3.63) is 84.0 Å². The second-order valence-corrected chi connectivity index (χ2v) is 8.49. The van der Waals surface area contributed by atoms with Gasteiger partial charge in [0.1, 0.15) is 15.0 Å². The van der Waals surface area contributed by atoms with E-state index in [4.69, 9.17) is 17.3 Å². The Balaban J connectivity index is 0.000000299. The van der Waals surface area contributed by atoms with Crippen LogP contribution in [0.5, 0.6) is 5.75 Å². The molecule has 2 heterocycles. The quantitative estimate of drug-likeness (QED) is 0.160. The predicted molar refractivity (Wildman–Crippen MR) is 144 cm³/mol. The lowest BCUT2D eigenvalue weighted by Crippen LogP contribution is -2.34. The number of imide groups is 1. The molecule has 2 amide bonds. The molecule has 1 aromatic carbocycles. The number of nitro groups is 2. The maximum atomic E-state index is 11.3. The number of anilines is 2. The number of para-hydroxylation sites is 1. The molecule has 3 rings (SSSR count). The largest absolute Gasteiger partial charge is 0.415 e. The minimum absolute atomic E-state index is 0.0793. The third-order valence-electron chi connectivity index (χ3n) is 3.87. The molecule has 0 spiro atoms. The summed E-state index contributed by atoms with van der Waals surface area (Å²) < 4.78 is 5.32. The highest BCUT2D eigenvalue weighted by atomic mass is 79.9. The van der Waals surface area contributed by atoms with Crippen molar-refractivity contribution < 1.29 is 29.0 Å². The Morgan fingerprint density at radius 2 is 1.34 bits per heavy atom. The number of amides is 2. The number of ether oxygens (including phenoxy) is 1. The average Bonchev–Trinajstić information content (AvgIpc) is 2.79. The molecule has 0 bridgehead atoms. The van der Waals surface area contributed by atoms with Crippen molar-refractivity contribution in [2.45, 2.75) is 13.8 Å². The molecule has 0 saturated heterocycles. The van der Waals surface area contributed by atoms with Gasteiger partial charge in [0.15, 0.2) is 0 Å². The molecule has 17 heteroatoms. The molecule has 0 fully saturated rings. The number of aromatic nitrogens is 2. The van der Waals surface area contributed by atoms with Crippen molar-refractivity contribution in [3.8, 4) is 5.75 Å². The van der Waals surface area contributed by atoms with Gasteiger partial charge in [-0.25, -0.2) is 19.7 Å². The standard InChI is InChI=1S/C9H8BrN3O4.C7H5ClO2.C5H4BrN3O2/c1-5(14)12(6(2)15)9-7(13(16)17)3-4-8(10)11-9;8-7(9)10-6-4-2-1-3-5-6;6-4-2-1-3(9(10)11)5(7)8-4/h3-4H,1-2H3;1-5H;1-2H,(H2,7,8). The van der Waals surface area contributed by atoms with Gasteiger partial charge in [-0.05, 0) is 56.1 Å². The van der Waals surface area contributed by atoms with Gasteiger partial charge in [0.2, 0.25) is 23.5 Å². The minimum atomic E-state index is -0.814. The van der Waals surface area contributed by atoms with E-state index in [-0.39, 0.29) is 17.3 Å². The summed E-state index contributed by atoms with van der Waals surface area (Å²) in [5.41, 5.74) is 3.85. The number of carbonyl (C=O) groups excluding carboxylic acids is 3. The van der Waals surface area contributed by atoms with E-state index in [0.717, 1.165) is 13.8 Å². The summed E-state index contributed by atoms with van der Waals surface area (Å²) in [6.45, 7) is 2.27. The zero-order valence-electron chi connectivity index (χ0n) is 19.4. The Kier molecular flexibility index (Phi) is 12.9. The van der Waals surface area contributed by atoms with Gasteiger partial charge in [-0.1, -0.05) is 18.2 Å². The molecule has 38 heavy (non-hydrogen) atoms. The van der Waals surface area contributed by atoms with Crippen LogP contribution in [-0.4, -0.2) is 37.1 Å². The zero-order chi connectivity index (χ0) is 29.0. The summed E-state index contributed by atoms with van der Waals surface area (Å²) in [7, 11) is 0. The van der Waals surface area contributed by atoms with Crippen LogP contribution >= 0.6 is 43.5 Å². The van der Waals surface area contributed by atoms with Gasteiger partial charge in [0.25, 0.3) is 0 Å². The van der Waals surface area contributed by atoms with Crippen molar-refractivity contribution >= 4 is 83.7 Å². The van der Waals surface area contributed by atoms with Crippen LogP contribution in [0.25, 0.3) is 0 Å². The van der Waals surface area contributed by atoms with Crippen LogP contribution in [0.15, 0.2) is 63.8 Å². The Labute approximate surface area is 236 Å². The molecule has 0 aliphatic carbocycles. The zero-order valence-corrected chi connectivity index (χ0v) is 23.3. The summed E-state index contributed by atoms with van der Waals surface area (Å²) in [6, 6.07) is 13.9. The topological polar surface area (TPSA) is 202 Å². The number of hydrogen-bond donors (Lipinski definition) is 1. The molecule has 3 aromatic rings. The van der Waals surface area contributed by atoms with Crippen LogP contribution in [0.3, 0.4) is 0 Å². The maximum Gasteiger partial charge on any atom is 0.409 e. The van der Waals surface area contributed by atoms with E-state index < -0.39 is 32.8 Å². The van der Waals surface area contributed by atoms with E-state index in [0.29, 0.717) is 19.9 Å². The number of pyridine rings is 2. The van der Waals surface area contributed by atoms with Gasteiger partial charge in [0, 0.05) is 37.6 Å².